The van der Waals surface area contributed by atoms with Crippen molar-refractivity contribution in [2.45, 2.75) is 23.8 Å². The van der Waals surface area contributed by atoms with E-state index in [0.29, 0.717) is 43.4 Å². The van der Waals surface area contributed by atoms with Crippen molar-refractivity contribution >= 4 is 21.4 Å². The Kier molecular flexibility index (Phi) is 5.52. The highest BCUT2D eigenvalue weighted by Crippen LogP contribution is 2.34. The van der Waals surface area contributed by atoms with Crippen molar-refractivity contribution in [2.24, 2.45) is 0 Å². The van der Waals surface area contributed by atoms with Crippen LogP contribution in [0.15, 0.2) is 47.4 Å². The first-order valence-corrected chi connectivity index (χ1v) is 11.2. The molecule has 0 bridgehead atoms. The topological polar surface area (TPSA) is 102 Å². The lowest BCUT2D eigenvalue weighted by Crippen LogP contribution is -2.39. The fourth-order valence-electron chi connectivity index (χ4n) is 3.77. The van der Waals surface area contributed by atoms with Gasteiger partial charge in [-0.2, -0.15) is 4.31 Å². The molecular formula is C20H23N3O6S. The van der Waals surface area contributed by atoms with Gasteiger partial charge in [-0.1, -0.05) is 12.1 Å². The van der Waals surface area contributed by atoms with Gasteiger partial charge in [-0.3, -0.25) is 10.1 Å². The van der Waals surface area contributed by atoms with Crippen molar-refractivity contribution in [3.8, 4) is 11.5 Å². The van der Waals surface area contributed by atoms with Gasteiger partial charge in [0, 0.05) is 26.2 Å². The maximum absolute atomic E-state index is 12.8. The zero-order chi connectivity index (χ0) is 21.3. The molecule has 0 N–H and O–H groups in total. The van der Waals surface area contributed by atoms with Gasteiger partial charge in [-0.25, -0.2) is 8.42 Å². The zero-order valence-corrected chi connectivity index (χ0v) is 17.4. The summed E-state index contributed by atoms with van der Waals surface area (Å²) in [5, 5.41) is 11.7. The summed E-state index contributed by atoms with van der Waals surface area (Å²) in [5.41, 5.74) is 0.0673. The molecule has 0 saturated carbocycles. The molecule has 0 aliphatic carbocycles. The van der Waals surface area contributed by atoms with Crippen LogP contribution in [0.5, 0.6) is 11.5 Å². The van der Waals surface area contributed by atoms with E-state index in [9.17, 15) is 18.5 Å². The van der Waals surface area contributed by atoms with Crippen molar-refractivity contribution in [3.05, 3.63) is 52.6 Å². The maximum Gasteiger partial charge on any atom is 0.293 e. The zero-order valence-electron chi connectivity index (χ0n) is 16.6. The van der Waals surface area contributed by atoms with Gasteiger partial charge in [0.2, 0.25) is 10.0 Å². The average molecular weight is 433 g/mol. The molecule has 0 spiro atoms. The van der Waals surface area contributed by atoms with Gasteiger partial charge in [0.15, 0.2) is 17.6 Å². The van der Waals surface area contributed by atoms with E-state index >= 15 is 0 Å². The fraction of sp³-hybridized carbons (Fsp3) is 0.400. The number of benzene rings is 2. The van der Waals surface area contributed by atoms with E-state index in [1.807, 2.05) is 24.3 Å². The monoisotopic (exact) mass is 433 g/mol. The third kappa shape index (κ3) is 3.92. The highest BCUT2D eigenvalue weighted by molar-refractivity contribution is 7.89. The highest BCUT2D eigenvalue weighted by atomic mass is 32.2. The minimum atomic E-state index is -3.73. The number of nitro benzene ring substituents is 1. The van der Waals surface area contributed by atoms with Gasteiger partial charge in [0.25, 0.3) is 5.69 Å². The summed E-state index contributed by atoms with van der Waals surface area (Å²) >= 11 is 0. The lowest BCUT2D eigenvalue weighted by atomic mass is 10.2. The number of likely N-dealkylation sites (N-methyl/N-ethyl adjacent to an activating group) is 1. The molecule has 1 unspecified atom stereocenters. The smallest absolute Gasteiger partial charge is 0.293 e. The SMILES string of the molecule is CN(CC1COc2ccccc2O1)c1ccc(S(=O)(=O)N2CCCC2)cc1[N+](=O)[O-]. The summed E-state index contributed by atoms with van der Waals surface area (Å²) in [6.45, 7) is 1.54. The Morgan fingerprint density at radius 1 is 1.17 bits per heavy atom. The van der Waals surface area contributed by atoms with Crippen molar-refractivity contribution in [3.63, 3.8) is 0 Å². The fourth-order valence-corrected chi connectivity index (χ4v) is 5.30. The summed E-state index contributed by atoms with van der Waals surface area (Å²) in [6, 6.07) is 11.4. The lowest BCUT2D eigenvalue weighted by molar-refractivity contribution is -0.384. The van der Waals surface area contributed by atoms with E-state index < -0.39 is 14.9 Å². The van der Waals surface area contributed by atoms with Crippen LogP contribution in [0.2, 0.25) is 0 Å². The predicted molar refractivity (Wildman–Crippen MR) is 111 cm³/mol. The van der Waals surface area contributed by atoms with Crippen LogP contribution in [0.4, 0.5) is 11.4 Å². The first-order valence-electron chi connectivity index (χ1n) is 9.74. The second kappa shape index (κ2) is 8.11. The van der Waals surface area contributed by atoms with Crippen molar-refractivity contribution in [1.29, 1.82) is 0 Å². The molecule has 0 radical (unpaired) electrons. The Balaban J connectivity index is 1.55. The second-order valence-corrected chi connectivity index (χ2v) is 9.33. The van der Waals surface area contributed by atoms with Gasteiger partial charge < -0.3 is 14.4 Å². The number of ether oxygens (including phenoxy) is 2. The number of nitro groups is 1. The third-order valence-corrected chi connectivity index (χ3v) is 7.20. The number of fused-ring (bicyclic) bond motifs is 1. The first kappa shape index (κ1) is 20.4. The van der Waals surface area contributed by atoms with E-state index in [1.54, 1.807) is 11.9 Å². The van der Waals surface area contributed by atoms with E-state index in [1.165, 1.54) is 16.4 Å². The molecule has 2 heterocycles. The number of rotatable bonds is 6. The molecule has 2 aromatic carbocycles. The summed E-state index contributed by atoms with van der Waals surface area (Å²) in [5.74, 6) is 1.29. The predicted octanol–water partition coefficient (Wildman–Crippen LogP) is 2.66. The molecule has 1 atom stereocenters. The first-order chi connectivity index (χ1) is 14.4. The minimum absolute atomic E-state index is 0.0561. The van der Waals surface area contributed by atoms with Gasteiger partial charge >= 0.3 is 0 Å². The molecule has 4 rings (SSSR count). The molecule has 0 aromatic heterocycles. The summed E-state index contributed by atoms with van der Waals surface area (Å²) < 4.78 is 38.6. The van der Waals surface area contributed by atoms with Crippen LogP contribution in [0.1, 0.15) is 12.8 Å². The molecule has 2 aliphatic rings. The Bertz CT molecular complexity index is 1050. The van der Waals surface area contributed by atoms with E-state index in [2.05, 4.69) is 0 Å². The molecule has 2 aromatic rings. The van der Waals surface area contributed by atoms with Crippen molar-refractivity contribution < 1.29 is 22.8 Å². The van der Waals surface area contributed by atoms with Crippen LogP contribution in [0, 0.1) is 10.1 Å². The summed E-state index contributed by atoms with van der Waals surface area (Å²) in [6.07, 6.45) is 1.28. The molecule has 1 fully saturated rings. The summed E-state index contributed by atoms with van der Waals surface area (Å²) in [7, 11) is -2.02. The molecule has 0 amide bonds. The van der Waals surface area contributed by atoms with Crippen LogP contribution in [-0.4, -0.2) is 57.0 Å². The average Bonchev–Trinajstić information content (AvgIpc) is 3.29. The van der Waals surface area contributed by atoms with E-state index in [4.69, 9.17) is 9.47 Å². The lowest BCUT2D eigenvalue weighted by Gasteiger charge is -2.30. The Labute approximate surface area is 175 Å². The van der Waals surface area contributed by atoms with Crippen LogP contribution in [0.25, 0.3) is 0 Å². The number of para-hydroxylation sites is 2. The molecule has 2 aliphatic heterocycles. The molecule has 10 heteroatoms. The normalized spacial score (nSPS) is 18.9. The van der Waals surface area contributed by atoms with E-state index in [0.717, 1.165) is 18.9 Å². The molecule has 9 nitrogen and oxygen atoms in total. The maximum atomic E-state index is 12.8. The van der Waals surface area contributed by atoms with Crippen molar-refractivity contribution in [2.75, 3.05) is 38.2 Å². The second-order valence-electron chi connectivity index (χ2n) is 7.40. The van der Waals surface area contributed by atoms with E-state index in [-0.39, 0.29) is 16.7 Å². The Morgan fingerprint density at radius 2 is 1.87 bits per heavy atom. The standard InChI is InChI=1S/C20H23N3O6S/c1-21(13-15-14-28-19-6-2-3-7-20(19)29-15)17-9-8-16(12-18(17)23(24)25)30(26,27)22-10-4-5-11-22/h2-3,6-9,12,15H,4-5,10-11,13-14H2,1H3. The van der Waals surface area contributed by atoms with Crippen molar-refractivity contribution in [1.82, 2.24) is 4.31 Å². The Morgan fingerprint density at radius 3 is 2.57 bits per heavy atom. The van der Waals surface area contributed by atoms with Gasteiger partial charge in [-0.15, -0.1) is 0 Å². The van der Waals surface area contributed by atoms with Gasteiger partial charge in [0.1, 0.15) is 12.3 Å². The number of anilines is 1. The third-order valence-electron chi connectivity index (χ3n) is 5.30. The molecule has 160 valence electrons. The van der Waals surface area contributed by atoms with Gasteiger partial charge in [-0.05, 0) is 37.1 Å². The molecular weight excluding hydrogens is 410 g/mol. The number of sulfonamides is 1. The quantitative estimate of drug-likeness (QED) is 0.510. The highest BCUT2D eigenvalue weighted by Gasteiger charge is 2.31. The van der Waals surface area contributed by atoms with Crippen LogP contribution in [-0.2, 0) is 10.0 Å². The van der Waals surface area contributed by atoms with Crippen LogP contribution >= 0.6 is 0 Å². The minimum Gasteiger partial charge on any atom is -0.486 e. The van der Waals surface area contributed by atoms with Crippen LogP contribution in [0.3, 0.4) is 0 Å². The number of nitrogens with zero attached hydrogens (tertiary/aromatic N) is 3. The molecule has 1 saturated heterocycles. The largest absolute Gasteiger partial charge is 0.486 e. The molecule has 30 heavy (non-hydrogen) atoms. The summed E-state index contributed by atoms with van der Waals surface area (Å²) in [4.78, 5) is 12.8. The number of hydrogen-bond donors (Lipinski definition) is 0. The number of hydrogen-bond acceptors (Lipinski definition) is 7. The van der Waals surface area contributed by atoms with Crippen LogP contribution < -0.4 is 14.4 Å². The van der Waals surface area contributed by atoms with Gasteiger partial charge in [0.05, 0.1) is 16.4 Å². The Hall–Kier alpha value is -2.85.